The minimum atomic E-state index is -2.15. The predicted molar refractivity (Wildman–Crippen MR) is 55.3 cm³/mol. The van der Waals surface area contributed by atoms with Gasteiger partial charge in [-0.3, -0.25) is 28.9 Å². The van der Waals surface area contributed by atoms with Gasteiger partial charge in [0, 0.05) is 0 Å². The zero-order valence-corrected chi connectivity index (χ0v) is 10.4. The summed E-state index contributed by atoms with van der Waals surface area (Å²) in [5.74, 6) is -5.91. The minimum Gasteiger partial charge on any atom is -0.380 e. The van der Waals surface area contributed by atoms with Crippen molar-refractivity contribution in [1.29, 1.82) is 0 Å². The molecule has 2 aliphatic heterocycles. The molecule has 13 nitrogen and oxygen atoms in total. The van der Waals surface area contributed by atoms with Crippen molar-refractivity contribution in [1.82, 2.24) is 10.1 Å². The molecule has 120 valence electrons. The number of aliphatic hydroxyl groups excluding tert-OH is 4. The molecule has 0 aromatic carbocycles. The molecule has 4 N–H and O–H groups in total. The molecule has 0 aromatic heterocycles. The van der Waals surface area contributed by atoms with Gasteiger partial charge in [-0.1, -0.05) is 10.1 Å². The highest BCUT2D eigenvalue weighted by Crippen LogP contribution is 2.17. The number of hydroxylamine groups is 4. The van der Waals surface area contributed by atoms with Gasteiger partial charge in [-0.15, -0.1) is 0 Å². The second-order valence-corrected chi connectivity index (χ2v) is 4.15. The van der Waals surface area contributed by atoms with Crippen LogP contribution < -0.4 is 0 Å². The molecule has 22 heavy (non-hydrogen) atoms. The molecule has 2 aliphatic rings. The van der Waals surface area contributed by atoms with E-state index in [1.807, 2.05) is 0 Å². The van der Waals surface area contributed by atoms with Crippen LogP contribution in [0.5, 0.6) is 0 Å². The van der Waals surface area contributed by atoms with E-state index in [9.17, 15) is 24.0 Å². The van der Waals surface area contributed by atoms with E-state index < -0.39 is 54.2 Å². The number of carbonyl (C=O) groups is 5. The van der Waals surface area contributed by atoms with Gasteiger partial charge in [0.05, 0.1) is 0 Å². The van der Waals surface area contributed by atoms with E-state index in [-0.39, 0.29) is 10.1 Å². The third-order valence-corrected chi connectivity index (χ3v) is 2.74. The van der Waals surface area contributed by atoms with Crippen LogP contribution >= 0.6 is 0 Å². The van der Waals surface area contributed by atoms with Crippen molar-refractivity contribution < 1.29 is 54.1 Å². The number of nitrogens with zero attached hydrogens (tertiary/aromatic N) is 2. The van der Waals surface area contributed by atoms with Crippen molar-refractivity contribution in [2.24, 2.45) is 0 Å². The normalized spacial score (nSPS) is 32.0. The lowest BCUT2D eigenvalue weighted by molar-refractivity contribution is -0.201. The maximum atomic E-state index is 11.3. The van der Waals surface area contributed by atoms with E-state index in [1.54, 1.807) is 0 Å². The van der Waals surface area contributed by atoms with Crippen LogP contribution in [0.15, 0.2) is 0 Å². The molecule has 0 aliphatic carbocycles. The first-order valence-corrected chi connectivity index (χ1v) is 5.54. The predicted octanol–water partition coefficient (Wildman–Crippen LogP) is -4.85. The van der Waals surface area contributed by atoms with Crippen LogP contribution in [0.4, 0.5) is 4.79 Å². The first-order valence-electron chi connectivity index (χ1n) is 5.54. The highest BCUT2D eigenvalue weighted by molar-refractivity contribution is 6.08. The third kappa shape index (κ3) is 2.27. The molecule has 13 heteroatoms. The Bertz CT molecular complexity index is 486. The van der Waals surface area contributed by atoms with Crippen LogP contribution in [-0.4, -0.2) is 84.8 Å². The zero-order valence-electron chi connectivity index (χ0n) is 10.4. The van der Waals surface area contributed by atoms with Gasteiger partial charge in [-0.25, -0.2) is 0 Å². The number of hydrogen-bond donors (Lipinski definition) is 4. The quantitative estimate of drug-likeness (QED) is 0.357. The molecule has 2 heterocycles. The highest BCUT2D eigenvalue weighted by Gasteiger charge is 2.51. The van der Waals surface area contributed by atoms with E-state index in [0.717, 1.165) is 0 Å². The van der Waals surface area contributed by atoms with Gasteiger partial charge in [0.25, 0.3) is 23.6 Å². The smallest absolute Gasteiger partial charge is 0.380 e. The Kier molecular flexibility index (Phi) is 3.80. The van der Waals surface area contributed by atoms with E-state index in [1.165, 1.54) is 0 Å². The Morgan fingerprint density at radius 2 is 0.909 bits per heavy atom. The molecule has 4 amide bonds. The summed E-state index contributed by atoms with van der Waals surface area (Å²) in [6, 6.07) is 0. The molecule has 0 saturated carbocycles. The number of rotatable bonds is 2. The standard InChI is InChI=1S/C9H8N2O11/c12-1-2(13)6(17)10(5(1)16)21-9(20)22-11-7(18)3(14)4(15)8(11)19/h1-4,12-15H. The Labute approximate surface area is 119 Å². The third-order valence-electron chi connectivity index (χ3n) is 2.74. The monoisotopic (exact) mass is 320 g/mol. The Morgan fingerprint density at radius 3 is 1.14 bits per heavy atom. The van der Waals surface area contributed by atoms with Crippen molar-refractivity contribution in [3.63, 3.8) is 0 Å². The minimum absolute atomic E-state index is 0.324. The Hall–Kier alpha value is -2.61. The molecular weight excluding hydrogens is 312 g/mol. The van der Waals surface area contributed by atoms with Gasteiger partial charge >= 0.3 is 6.16 Å². The van der Waals surface area contributed by atoms with Crippen LogP contribution in [0.3, 0.4) is 0 Å². The fourth-order valence-electron chi connectivity index (χ4n) is 1.58. The van der Waals surface area contributed by atoms with Crippen molar-refractivity contribution in [2.45, 2.75) is 24.4 Å². The maximum Gasteiger partial charge on any atom is 0.560 e. The van der Waals surface area contributed by atoms with Crippen LogP contribution in [0.25, 0.3) is 0 Å². The summed E-state index contributed by atoms with van der Waals surface area (Å²) in [6.45, 7) is 0. The highest BCUT2D eigenvalue weighted by atomic mass is 16.9. The first-order chi connectivity index (χ1) is 10.2. The maximum absolute atomic E-state index is 11.3. The molecule has 0 aromatic rings. The summed E-state index contributed by atoms with van der Waals surface area (Å²) in [4.78, 5) is 64.5. The molecule has 4 atom stereocenters. The molecule has 0 spiro atoms. The first kappa shape index (κ1) is 15.8. The van der Waals surface area contributed by atoms with Crippen molar-refractivity contribution in [2.75, 3.05) is 0 Å². The van der Waals surface area contributed by atoms with Gasteiger partial charge < -0.3 is 20.4 Å². The van der Waals surface area contributed by atoms with E-state index in [4.69, 9.17) is 20.4 Å². The number of imide groups is 2. The lowest BCUT2D eigenvalue weighted by Crippen LogP contribution is -2.40. The summed E-state index contributed by atoms with van der Waals surface area (Å²) in [7, 11) is 0. The van der Waals surface area contributed by atoms with Gasteiger partial charge in [-0.05, 0) is 0 Å². The van der Waals surface area contributed by atoms with Gasteiger partial charge in [0.2, 0.25) is 0 Å². The van der Waals surface area contributed by atoms with Crippen LogP contribution in [0.1, 0.15) is 0 Å². The molecule has 2 saturated heterocycles. The van der Waals surface area contributed by atoms with Crippen LogP contribution in [0.2, 0.25) is 0 Å². The lowest BCUT2D eigenvalue weighted by atomic mass is 10.2. The molecule has 0 radical (unpaired) electrons. The van der Waals surface area contributed by atoms with Crippen molar-refractivity contribution in [3.05, 3.63) is 0 Å². The lowest BCUT2D eigenvalue weighted by Gasteiger charge is -2.15. The number of aliphatic hydroxyl groups is 4. The SMILES string of the molecule is O=C(ON1C(=O)C(O)C(O)C1=O)ON1C(=O)C(O)C(O)C1=O. The summed E-state index contributed by atoms with van der Waals surface area (Å²) in [5, 5.41) is 35.7. The van der Waals surface area contributed by atoms with Gasteiger partial charge in [-0.2, -0.15) is 4.79 Å². The molecule has 2 rings (SSSR count). The number of carbonyl (C=O) groups excluding carboxylic acids is 5. The molecule has 4 unspecified atom stereocenters. The topological polar surface area (TPSA) is 191 Å². The summed E-state index contributed by atoms with van der Waals surface area (Å²) >= 11 is 0. The van der Waals surface area contributed by atoms with E-state index >= 15 is 0 Å². The van der Waals surface area contributed by atoms with Crippen LogP contribution in [0, 0.1) is 0 Å². The molecule has 0 bridgehead atoms. The second kappa shape index (κ2) is 5.30. The Morgan fingerprint density at radius 1 is 0.682 bits per heavy atom. The second-order valence-electron chi connectivity index (χ2n) is 4.15. The fourth-order valence-corrected chi connectivity index (χ4v) is 1.58. The zero-order chi connectivity index (χ0) is 16.8. The molecule has 2 fully saturated rings. The van der Waals surface area contributed by atoms with Gasteiger partial charge in [0.1, 0.15) is 0 Å². The van der Waals surface area contributed by atoms with Gasteiger partial charge in [0.15, 0.2) is 24.4 Å². The van der Waals surface area contributed by atoms with Crippen LogP contribution in [-0.2, 0) is 28.9 Å². The largest absolute Gasteiger partial charge is 0.560 e. The summed E-state index contributed by atoms with van der Waals surface area (Å²) < 4.78 is 0. The number of hydrogen-bond acceptors (Lipinski definition) is 11. The van der Waals surface area contributed by atoms with E-state index in [0.29, 0.717) is 0 Å². The summed E-state index contributed by atoms with van der Waals surface area (Å²) in [5.41, 5.74) is 0. The fraction of sp³-hybridized carbons (Fsp3) is 0.444. The van der Waals surface area contributed by atoms with E-state index in [2.05, 4.69) is 9.68 Å². The molecular formula is C9H8N2O11. The average Bonchev–Trinajstić information content (AvgIpc) is 2.77. The number of amides is 4. The Balaban J connectivity index is 2.03. The summed E-state index contributed by atoms with van der Waals surface area (Å²) in [6.07, 6.45) is -10.6. The average molecular weight is 320 g/mol. The van der Waals surface area contributed by atoms with Crippen molar-refractivity contribution >= 4 is 29.8 Å². The van der Waals surface area contributed by atoms with Crippen molar-refractivity contribution in [3.8, 4) is 0 Å².